The zero-order valence-electron chi connectivity index (χ0n) is 12.9. The lowest BCUT2D eigenvalue weighted by atomic mass is 9.97. The molecule has 0 radical (unpaired) electrons. The van der Waals surface area contributed by atoms with Crippen molar-refractivity contribution in [2.75, 3.05) is 13.6 Å². The average molecular weight is 286 g/mol. The van der Waals surface area contributed by atoms with Gasteiger partial charge in [-0.05, 0) is 31.4 Å². The van der Waals surface area contributed by atoms with Crippen LogP contribution >= 0.6 is 0 Å². The number of rotatable bonds is 3. The summed E-state index contributed by atoms with van der Waals surface area (Å²) in [7, 11) is 3.83. The van der Waals surface area contributed by atoms with Crippen LogP contribution in [0.25, 0.3) is 0 Å². The van der Waals surface area contributed by atoms with Gasteiger partial charge in [-0.2, -0.15) is 0 Å². The number of hydrogen-bond acceptors (Lipinski definition) is 2. The first kappa shape index (κ1) is 13.9. The maximum absolute atomic E-state index is 12.5. The van der Waals surface area contributed by atoms with Crippen LogP contribution in [0.1, 0.15) is 28.4 Å². The van der Waals surface area contributed by atoms with Gasteiger partial charge in [-0.3, -0.25) is 4.79 Å². The van der Waals surface area contributed by atoms with E-state index in [1.807, 2.05) is 55.0 Å². The molecule has 5 nitrogen and oxygen atoms in total. The molecule has 2 aromatic rings. The summed E-state index contributed by atoms with van der Waals surface area (Å²) in [6.45, 7) is 3.80. The Labute approximate surface area is 125 Å². The van der Waals surface area contributed by atoms with E-state index in [2.05, 4.69) is 9.55 Å². The number of carbonyl (C=O) groups is 1. The van der Waals surface area contributed by atoms with E-state index in [-0.39, 0.29) is 5.91 Å². The highest BCUT2D eigenvalue weighted by Crippen LogP contribution is 2.20. The number of nitrogens with zero attached hydrogens (tertiary/aromatic N) is 4. The minimum absolute atomic E-state index is 0.0968. The quantitative estimate of drug-likeness (QED) is 0.864. The molecule has 0 aliphatic carbocycles. The van der Waals surface area contributed by atoms with Gasteiger partial charge < -0.3 is 14.0 Å². The number of imidazole rings is 1. The summed E-state index contributed by atoms with van der Waals surface area (Å²) < 4.78 is 4.16. The van der Waals surface area contributed by atoms with Crippen molar-refractivity contribution in [2.45, 2.75) is 26.3 Å². The monoisotopic (exact) mass is 286 g/mol. The lowest BCUT2D eigenvalue weighted by Crippen LogP contribution is -2.35. The molecule has 0 fully saturated rings. The first-order chi connectivity index (χ1) is 10.1. The maximum atomic E-state index is 12.5. The van der Waals surface area contributed by atoms with Gasteiger partial charge in [-0.1, -0.05) is 0 Å². The molecule has 1 aliphatic heterocycles. The summed E-state index contributed by atoms with van der Waals surface area (Å²) in [6, 6.07) is 3.89. The summed E-state index contributed by atoms with van der Waals surface area (Å²) in [4.78, 5) is 18.8. The van der Waals surface area contributed by atoms with Gasteiger partial charge in [0, 0.05) is 51.7 Å². The number of fused-ring (bicyclic) bond motifs is 1. The Morgan fingerprint density at radius 3 is 3.00 bits per heavy atom. The van der Waals surface area contributed by atoms with Gasteiger partial charge in [0.15, 0.2) is 0 Å². The van der Waals surface area contributed by atoms with E-state index in [0.717, 1.165) is 43.1 Å². The van der Waals surface area contributed by atoms with Crippen LogP contribution in [-0.4, -0.2) is 38.5 Å². The van der Waals surface area contributed by atoms with Crippen LogP contribution in [0.4, 0.5) is 0 Å². The predicted octanol–water partition coefficient (Wildman–Crippen LogP) is 1.86. The van der Waals surface area contributed by atoms with Gasteiger partial charge >= 0.3 is 0 Å². The van der Waals surface area contributed by atoms with E-state index in [4.69, 9.17) is 0 Å². The van der Waals surface area contributed by atoms with Gasteiger partial charge in [0.2, 0.25) is 0 Å². The summed E-state index contributed by atoms with van der Waals surface area (Å²) in [5, 5.41) is 0. The number of aromatic nitrogens is 3. The van der Waals surface area contributed by atoms with Crippen molar-refractivity contribution in [3.63, 3.8) is 0 Å². The Morgan fingerprint density at radius 1 is 1.48 bits per heavy atom. The van der Waals surface area contributed by atoms with Crippen LogP contribution < -0.4 is 0 Å². The molecule has 2 aromatic heterocycles. The van der Waals surface area contributed by atoms with E-state index in [1.165, 1.54) is 0 Å². The molecule has 0 aromatic carbocycles. The number of carbonyl (C=O) groups excluding carboxylic acids is 1. The Hall–Kier alpha value is -2.04. The summed E-state index contributed by atoms with van der Waals surface area (Å²) in [5.74, 6) is 1.73. The van der Waals surface area contributed by atoms with E-state index in [0.29, 0.717) is 5.92 Å². The van der Waals surface area contributed by atoms with Crippen LogP contribution in [-0.2, 0) is 20.0 Å². The fourth-order valence-corrected chi connectivity index (χ4v) is 3.06. The van der Waals surface area contributed by atoms with Crippen molar-refractivity contribution in [1.29, 1.82) is 0 Å². The second kappa shape index (κ2) is 5.39. The van der Waals surface area contributed by atoms with Gasteiger partial charge in [-0.25, -0.2) is 4.98 Å². The third-order valence-corrected chi connectivity index (χ3v) is 4.52. The molecule has 5 heteroatoms. The minimum atomic E-state index is 0.0968. The highest BCUT2D eigenvalue weighted by molar-refractivity contribution is 5.92. The van der Waals surface area contributed by atoms with Crippen molar-refractivity contribution in [1.82, 2.24) is 19.0 Å². The van der Waals surface area contributed by atoms with Gasteiger partial charge in [0.1, 0.15) is 11.5 Å². The van der Waals surface area contributed by atoms with Crippen molar-refractivity contribution in [2.24, 2.45) is 13.0 Å². The highest BCUT2D eigenvalue weighted by atomic mass is 16.2. The van der Waals surface area contributed by atoms with E-state index >= 15 is 0 Å². The summed E-state index contributed by atoms with van der Waals surface area (Å²) in [5.41, 5.74) is 1.86. The van der Waals surface area contributed by atoms with Crippen molar-refractivity contribution in [3.8, 4) is 0 Å². The molecule has 0 saturated heterocycles. The largest absolute Gasteiger partial charge is 0.344 e. The average Bonchev–Trinajstić information content (AvgIpc) is 3.05. The maximum Gasteiger partial charge on any atom is 0.270 e. The fourth-order valence-electron chi connectivity index (χ4n) is 3.06. The van der Waals surface area contributed by atoms with Gasteiger partial charge in [0.25, 0.3) is 5.91 Å². The molecular weight excluding hydrogens is 264 g/mol. The van der Waals surface area contributed by atoms with Crippen molar-refractivity contribution in [3.05, 3.63) is 41.7 Å². The zero-order chi connectivity index (χ0) is 15.0. The smallest absolute Gasteiger partial charge is 0.270 e. The molecule has 21 heavy (non-hydrogen) atoms. The van der Waals surface area contributed by atoms with E-state index in [1.54, 1.807) is 0 Å². The summed E-state index contributed by atoms with van der Waals surface area (Å²) >= 11 is 0. The van der Waals surface area contributed by atoms with Crippen LogP contribution in [0.2, 0.25) is 0 Å². The van der Waals surface area contributed by atoms with Gasteiger partial charge in [-0.15, -0.1) is 0 Å². The molecule has 0 saturated carbocycles. The van der Waals surface area contributed by atoms with Gasteiger partial charge in [0.05, 0.1) is 0 Å². The SMILES string of the molecule is Cc1ccc(C(=O)N(C)CC2CCn3ccnc3C2)n1C. The van der Waals surface area contributed by atoms with Crippen LogP contribution in [0, 0.1) is 12.8 Å². The van der Waals surface area contributed by atoms with Crippen molar-refractivity contribution < 1.29 is 4.79 Å². The second-order valence-corrected chi connectivity index (χ2v) is 6.00. The van der Waals surface area contributed by atoms with Crippen LogP contribution in [0.15, 0.2) is 24.5 Å². The Kier molecular flexibility index (Phi) is 3.57. The van der Waals surface area contributed by atoms with E-state index in [9.17, 15) is 4.79 Å². The first-order valence-electron chi connectivity index (χ1n) is 7.44. The molecule has 3 heterocycles. The predicted molar refractivity (Wildman–Crippen MR) is 81.1 cm³/mol. The Morgan fingerprint density at radius 2 is 2.29 bits per heavy atom. The third-order valence-electron chi connectivity index (χ3n) is 4.52. The molecule has 0 bridgehead atoms. The highest BCUT2D eigenvalue weighted by Gasteiger charge is 2.23. The standard InChI is InChI=1S/C16H22N4O/c1-12-4-5-14(19(12)3)16(21)18(2)11-13-6-8-20-9-7-17-15(20)10-13/h4-5,7,9,13H,6,8,10-11H2,1-3H3. The Balaban J connectivity index is 1.66. The molecule has 0 spiro atoms. The topological polar surface area (TPSA) is 43.1 Å². The first-order valence-corrected chi connectivity index (χ1v) is 7.44. The normalized spacial score (nSPS) is 17.6. The van der Waals surface area contributed by atoms with Crippen molar-refractivity contribution >= 4 is 5.91 Å². The molecule has 1 amide bonds. The lowest BCUT2D eigenvalue weighted by Gasteiger charge is -2.28. The third kappa shape index (κ3) is 2.60. The van der Waals surface area contributed by atoms with Crippen LogP contribution in [0.5, 0.6) is 0 Å². The Bertz CT molecular complexity index is 655. The molecule has 1 atom stereocenters. The molecular formula is C16H22N4O. The molecule has 0 N–H and O–H groups in total. The molecule has 1 unspecified atom stereocenters. The fraction of sp³-hybridized carbons (Fsp3) is 0.500. The van der Waals surface area contributed by atoms with E-state index < -0.39 is 0 Å². The molecule has 3 rings (SSSR count). The second-order valence-electron chi connectivity index (χ2n) is 6.00. The number of aryl methyl sites for hydroxylation is 2. The number of amides is 1. The molecule has 1 aliphatic rings. The zero-order valence-corrected chi connectivity index (χ0v) is 12.9. The summed E-state index contributed by atoms with van der Waals surface area (Å²) in [6.07, 6.45) is 5.95. The van der Waals surface area contributed by atoms with Crippen LogP contribution in [0.3, 0.4) is 0 Å². The number of hydrogen-bond donors (Lipinski definition) is 0. The molecule has 112 valence electrons. The lowest BCUT2D eigenvalue weighted by molar-refractivity contribution is 0.0754. The minimum Gasteiger partial charge on any atom is -0.344 e.